The van der Waals surface area contributed by atoms with Gasteiger partial charge in [-0.3, -0.25) is 28.8 Å². The van der Waals surface area contributed by atoms with Gasteiger partial charge in [0.1, 0.15) is 11.6 Å². The number of pyridine rings is 2. The number of nitrogens with two attached hydrogens (primary N) is 1. The highest BCUT2D eigenvalue weighted by Gasteiger charge is 2.14. The first-order chi connectivity index (χ1) is 15.3. The van der Waals surface area contributed by atoms with Crippen LogP contribution in [0.25, 0.3) is 11.4 Å². The predicted molar refractivity (Wildman–Crippen MR) is 115 cm³/mol. The van der Waals surface area contributed by atoms with Crippen LogP contribution < -0.4 is 16.9 Å². The average molecular weight is 438 g/mol. The Hall–Kier alpha value is -4.60. The molecule has 0 aliphatic carbocycles. The number of hydrogen-bond acceptors (Lipinski definition) is 5. The maximum absolute atomic E-state index is 12.7. The molecule has 0 unspecified atom stereocenters. The minimum atomic E-state index is -0.748. The molecule has 2 aromatic heterocycles. The van der Waals surface area contributed by atoms with Crippen molar-refractivity contribution in [2.75, 3.05) is 5.73 Å². The highest BCUT2D eigenvalue weighted by molar-refractivity contribution is 5.40. The van der Waals surface area contributed by atoms with E-state index in [9.17, 15) is 28.5 Å². The molecule has 0 aliphatic heterocycles. The molecular formula is C22H16F2N4O4. The van der Waals surface area contributed by atoms with Gasteiger partial charge < -0.3 is 5.73 Å². The topological polar surface area (TPSA) is 113 Å². The lowest BCUT2D eigenvalue weighted by atomic mass is 10.3. The summed E-state index contributed by atoms with van der Waals surface area (Å²) < 4.78 is 27.8. The highest BCUT2D eigenvalue weighted by Crippen LogP contribution is 2.10. The maximum Gasteiger partial charge on any atom is 0.334 e. The Balaban J connectivity index is 0.000000182. The van der Waals surface area contributed by atoms with Crippen molar-refractivity contribution >= 4 is 11.4 Å². The van der Waals surface area contributed by atoms with Crippen LogP contribution in [-0.2, 0) is 0 Å². The van der Waals surface area contributed by atoms with Crippen molar-refractivity contribution in [3.63, 3.8) is 0 Å². The van der Waals surface area contributed by atoms with Gasteiger partial charge in [-0.1, -0.05) is 0 Å². The van der Waals surface area contributed by atoms with E-state index in [2.05, 4.69) is 0 Å². The van der Waals surface area contributed by atoms with Gasteiger partial charge in [-0.25, -0.2) is 8.78 Å². The summed E-state index contributed by atoms with van der Waals surface area (Å²) in [5.41, 5.74) is 5.05. The zero-order valence-corrected chi connectivity index (χ0v) is 16.4. The molecule has 0 aliphatic rings. The molecule has 2 heterocycles. The smallest absolute Gasteiger partial charge is 0.334 e. The minimum Gasteiger partial charge on any atom is -0.394 e. The third-order valence-electron chi connectivity index (χ3n) is 4.31. The number of hydrogen-bond donors (Lipinski definition) is 1. The molecule has 0 fully saturated rings. The molecule has 162 valence electrons. The number of nitro groups is 1. The van der Waals surface area contributed by atoms with E-state index in [4.69, 9.17) is 5.73 Å². The van der Waals surface area contributed by atoms with Gasteiger partial charge in [-0.2, -0.15) is 0 Å². The van der Waals surface area contributed by atoms with Gasteiger partial charge in [0.15, 0.2) is 0 Å². The molecule has 0 radical (unpaired) electrons. The number of nitrogen functional groups attached to an aromatic ring is 1. The first kappa shape index (κ1) is 22.1. The van der Waals surface area contributed by atoms with Crippen molar-refractivity contribution in [1.82, 2.24) is 9.13 Å². The minimum absolute atomic E-state index is 0.168. The zero-order chi connectivity index (χ0) is 23.3. The molecule has 4 rings (SSSR count). The van der Waals surface area contributed by atoms with Crippen LogP contribution in [0.4, 0.5) is 20.2 Å². The van der Waals surface area contributed by atoms with Gasteiger partial charge in [0.05, 0.1) is 10.6 Å². The quantitative estimate of drug-likeness (QED) is 0.389. The molecule has 0 amide bonds. The van der Waals surface area contributed by atoms with Crippen LogP contribution in [0.15, 0.2) is 94.8 Å². The number of rotatable bonds is 3. The summed E-state index contributed by atoms with van der Waals surface area (Å²) in [6.45, 7) is 0. The van der Waals surface area contributed by atoms with E-state index in [1.165, 1.54) is 71.4 Å². The predicted octanol–water partition coefficient (Wildman–Crippen LogP) is 3.44. The summed E-state index contributed by atoms with van der Waals surface area (Å²) in [7, 11) is 0. The molecule has 2 N–H and O–H groups in total. The molecule has 0 spiro atoms. The molecule has 10 heteroatoms. The molecule has 8 nitrogen and oxygen atoms in total. The largest absolute Gasteiger partial charge is 0.394 e. The summed E-state index contributed by atoms with van der Waals surface area (Å²) in [5.74, 6) is -0.775. The van der Waals surface area contributed by atoms with Gasteiger partial charge in [-0.15, -0.1) is 0 Å². The molecule has 2 aromatic carbocycles. The molecule has 0 bridgehead atoms. The maximum atomic E-state index is 12.7. The van der Waals surface area contributed by atoms with Crippen molar-refractivity contribution in [3.05, 3.63) is 128 Å². The lowest BCUT2D eigenvalue weighted by Crippen LogP contribution is -2.20. The molecule has 0 atom stereocenters. The average Bonchev–Trinajstić information content (AvgIpc) is 2.77. The van der Waals surface area contributed by atoms with E-state index < -0.39 is 22.0 Å². The summed E-state index contributed by atoms with van der Waals surface area (Å²) in [4.78, 5) is 33.2. The summed E-state index contributed by atoms with van der Waals surface area (Å²) in [6, 6.07) is 16.5. The molecule has 4 aromatic rings. The van der Waals surface area contributed by atoms with Crippen molar-refractivity contribution in [2.24, 2.45) is 0 Å². The second-order valence-electron chi connectivity index (χ2n) is 6.42. The Bertz CT molecular complexity index is 1360. The fourth-order valence-corrected chi connectivity index (χ4v) is 2.74. The zero-order valence-electron chi connectivity index (χ0n) is 16.4. The first-order valence-electron chi connectivity index (χ1n) is 9.13. The normalized spacial score (nSPS) is 10.2. The molecule has 32 heavy (non-hydrogen) atoms. The molecule has 0 saturated heterocycles. The second kappa shape index (κ2) is 9.47. The van der Waals surface area contributed by atoms with E-state index >= 15 is 0 Å². The lowest BCUT2D eigenvalue weighted by molar-refractivity contribution is -0.386. The van der Waals surface area contributed by atoms with Crippen LogP contribution >= 0.6 is 0 Å². The van der Waals surface area contributed by atoms with Crippen molar-refractivity contribution in [2.45, 2.75) is 0 Å². The van der Waals surface area contributed by atoms with Gasteiger partial charge in [0.25, 0.3) is 5.56 Å². The Labute approximate surface area is 179 Å². The summed E-state index contributed by atoms with van der Waals surface area (Å²) >= 11 is 0. The van der Waals surface area contributed by atoms with Crippen molar-refractivity contribution in [3.8, 4) is 11.4 Å². The number of nitrogens with zero attached hydrogens (tertiary/aromatic N) is 3. The van der Waals surface area contributed by atoms with Crippen LogP contribution in [0, 0.1) is 21.7 Å². The van der Waals surface area contributed by atoms with Crippen LogP contribution in [0.2, 0.25) is 0 Å². The summed E-state index contributed by atoms with van der Waals surface area (Å²) in [5, 5.41) is 10.6. The van der Waals surface area contributed by atoms with E-state index in [0.29, 0.717) is 11.4 Å². The number of halogens is 2. The van der Waals surface area contributed by atoms with E-state index in [1.807, 2.05) is 0 Å². The third-order valence-corrected chi connectivity index (χ3v) is 4.31. The van der Waals surface area contributed by atoms with E-state index in [-0.39, 0.29) is 17.1 Å². The molecular weight excluding hydrogens is 422 g/mol. The van der Waals surface area contributed by atoms with Crippen LogP contribution in [0.5, 0.6) is 0 Å². The summed E-state index contributed by atoms with van der Waals surface area (Å²) in [6.07, 6.45) is 2.98. The van der Waals surface area contributed by atoms with Gasteiger partial charge in [0, 0.05) is 29.8 Å². The van der Waals surface area contributed by atoms with E-state index in [1.54, 1.807) is 12.3 Å². The Kier molecular flexibility index (Phi) is 6.54. The fourth-order valence-electron chi connectivity index (χ4n) is 2.74. The van der Waals surface area contributed by atoms with Crippen molar-refractivity contribution in [1.29, 1.82) is 0 Å². The van der Waals surface area contributed by atoms with E-state index in [0.717, 1.165) is 10.6 Å². The third kappa shape index (κ3) is 4.93. The first-order valence-corrected chi connectivity index (χ1v) is 9.13. The number of aromatic nitrogens is 2. The second-order valence-corrected chi connectivity index (χ2v) is 6.42. The van der Waals surface area contributed by atoms with Crippen LogP contribution in [-0.4, -0.2) is 14.1 Å². The van der Waals surface area contributed by atoms with Gasteiger partial charge >= 0.3 is 11.2 Å². The highest BCUT2D eigenvalue weighted by atomic mass is 19.1. The number of anilines is 1. The SMILES string of the molecule is Nc1cccn(-c2ccc(F)cc2)c1=O.O=c1c([N+](=O)[O-])cccn1-c1ccc(F)cc1. The lowest BCUT2D eigenvalue weighted by Gasteiger charge is -2.05. The Morgan fingerprint density at radius 3 is 1.62 bits per heavy atom. The van der Waals surface area contributed by atoms with Crippen molar-refractivity contribution < 1.29 is 13.7 Å². The monoisotopic (exact) mass is 438 g/mol. The Morgan fingerprint density at radius 2 is 1.16 bits per heavy atom. The van der Waals surface area contributed by atoms with Gasteiger partial charge in [0.2, 0.25) is 0 Å². The van der Waals surface area contributed by atoms with Crippen LogP contribution in [0.3, 0.4) is 0 Å². The van der Waals surface area contributed by atoms with Gasteiger partial charge in [-0.05, 0) is 66.7 Å². The molecule has 0 saturated carbocycles. The number of benzene rings is 2. The fraction of sp³-hybridized carbons (Fsp3) is 0. The van der Waals surface area contributed by atoms with Crippen LogP contribution in [0.1, 0.15) is 0 Å². The standard InChI is InChI=1S/C11H7FN2O3.C11H9FN2O/c12-8-3-5-9(6-4-8)13-7-1-2-10(11(13)15)14(16)17;12-8-3-5-9(6-4-8)14-7-1-2-10(13)11(14)15/h1-7H;1-7H,13H2. The Morgan fingerprint density at radius 1 is 0.719 bits per heavy atom.